The number of fused-ring (bicyclic) bond motifs is 1. The summed E-state index contributed by atoms with van der Waals surface area (Å²) in [4.78, 5) is 42.5. The highest BCUT2D eigenvalue weighted by molar-refractivity contribution is 6.03. The summed E-state index contributed by atoms with van der Waals surface area (Å²) in [5.41, 5.74) is 0.633. The molecule has 3 aliphatic heterocycles. The van der Waals surface area contributed by atoms with Gasteiger partial charge in [0.2, 0.25) is 11.8 Å². The number of aliphatic hydroxyl groups excluding tert-OH is 1. The van der Waals surface area contributed by atoms with Crippen LogP contribution >= 0.6 is 0 Å². The van der Waals surface area contributed by atoms with Crippen molar-refractivity contribution in [2.75, 3.05) is 18.5 Å². The summed E-state index contributed by atoms with van der Waals surface area (Å²) in [5.74, 6) is -2.69. The van der Waals surface area contributed by atoms with Crippen LogP contribution < -0.4 is 5.32 Å². The maximum absolute atomic E-state index is 13.9. The van der Waals surface area contributed by atoms with E-state index in [-0.39, 0.29) is 25.0 Å². The van der Waals surface area contributed by atoms with Gasteiger partial charge in [-0.2, -0.15) is 0 Å². The van der Waals surface area contributed by atoms with E-state index < -0.39 is 41.1 Å². The van der Waals surface area contributed by atoms with Crippen LogP contribution in [0.15, 0.2) is 18.2 Å². The molecule has 0 saturated carbocycles. The lowest BCUT2D eigenvalue weighted by Crippen LogP contribution is -2.56. The molecule has 8 nitrogen and oxygen atoms in total. The number of nitrogens with zero attached hydrogens (tertiary/aromatic N) is 1. The predicted octanol–water partition coefficient (Wildman–Crippen LogP) is 2.73. The molecule has 3 fully saturated rings. The molecule has 3 heterocycles. The highest BCUT2D eigenvalue weighted by Crippen LogP contribution is 2.64. The van der Waals surface area contributed by atoms with Gasteiger partial charge in [0.05, 0.1) is 30.8 Å². The standard InChI is InChI=1S/C26H36N2O6/c1-6-17(14-29)28-21(22(30)27-18-13-15(4)9-10-16(18)5)26-12-11-25(7-2,34-26)20(19(26)23(28)31)24(32)33-8-3/h9-10,13,17,19-21,29H,6-8,11-12,14H2,1-5H3,(H,27,30)/t17-,19-,20-,21?,25+,26?/m0/s1. The van der Waals surface area contributed by atoms with Gasteiger partial charge >= 0.3 is 5.97 Å². The molecule has 2 bridgehead atoms. The summed E-state index contributed by atoms with van der Waals surface area (Å²) in [6.07, 6.45) is 2.09. The van der Waals surface area contributed by atoms with Crippen LogP contribution in [0.25, 0.3) is 0 Å². The molecule has 6 atom stereocenters. The minimum Gasteiger partial charge on any atom is -0.466 e. The largest absolute Gasteiger partial charge is 0.466 e. The number of carbonyl (C=O) groups excluding carboxylic acids is 3. The van der Waals surface area contributed by atoms with Crippen LogP contribution in [0.2, 0.25) is 0 Å². The fraction of sp³-hybridized carbons (Fsp3) is 0.654. The van der Waals surface area contributed by atoms with E-state index in [4.69, 9.17) is 9.47 Å². The second kappa shape index (κ2) is 8.96. The van der Waals surface area contributed by atoms with Crippen molar-refractivity contribution in [3.63, 3.8) is 0 Å². The van der Waals surface area contributed by atoms with E-state index in [2.05, 4.69) is 5.32 Å². The van der Waals surface area contributed by atoms with Gasteiger partial charge in [-0.1, -0.05) is 26.0 Å². The predicted molar refractivity (Wildman–Crippen MR) is 126 cm³/mol. The number of esters is 1. The number of hydrogen-bond acceptors (Lipinski definition) is 6. The molecule has 34 heavy (non-hydrogen) atoms. The molecule has 0 aromatic heterocycles. The molecule has 1 aromatic rings. The lowest BCUT2D eigenvalue weighted by molar-refractivity contribution is -0.161. The number of likely N-dealkylation sites (tertiary alicyclic amines) is 1. The molecular weight excluding hydrogens is 436 g/mol. The Labute approximate surface area is 201 Å². The third kappa shape index (κ3) is 3.45. The second-order valence-electron chi connectivity index (χ2n) is 9.88. The number of aryl methyl sites for hydroxylation is 2. The summed E-state index contributed by atoms with van der Waals surface area (Å²) >= 11 is 0. The molecule has 3 aliphatic rings. The van der Waals surface area contributed by atoms with E-state index in [9.17, 15) is 19.5 Å². The van der Waals surface area contributed by atoms with Gasteiger partial charge in [0.1, 0.15) is 17.6 Å². The third-order valence-electron chi connectivity index (χ3n) is 8.13. The first-order valence-corrected chi connectivity index (χ1v) is 12.4. The smallest absolute Gasteiger partial charge is 0.312 e. The van der Waals surface area contributed by atoms with Crippen LogP contribution in [0, 0.1) is 25.7 Å². The van der Waals surface area contributed by atoms with E-state index >= 15 is 0 Å². The highest BCUT2D eigenvalue weighted by atomic mass is 16.6. The summed E-state index contributed by atoms with van der Waals surface area (Å²) in [6.45, 7) is 9.35. The third-order valence-corrected chi connectivity index (χ3v) is 8.13. The Balaban J connectivity index is 1.80. The maximum Gasteiger partial charge on any atom is 0.312 e. The van der Waals surface area contributed by atoms with Crippen molar-refractivity contribution in [3.8, 4) is 0 Å². The second-order valence-corrected chi connectivity index (χ2v) is 9.88. The number of hydrogen-bond donors (Lipinski definition) is 2. The summed E-state index contributed by atoms with van der Waals surface area (Å²) in [6, 6.07) is 4.31. The molecule has 0 radical (unpaired) electrons. The molecule has 0 aliphatic carbocycles. The van der Waals surface area contributed by atoms with Crippen molar-refractivity contribution < 1.29 is 29.0 Å². The topological polar surface area (TPSA) is 105 Å². The van der Waals surface area contributed by atoms with Gasteiger partial charge in [-0.3, -0.25) is 14.4 Å². The molecule has 2 unspecified atom stereocenters. The Morgan fingerprint density at radius 3 is 2.62 bits per heavy atom. The Morgan fingerprint density at radius 1 is 1.26 bits per heavy atom. The number of nitrogens with one attached hydrogen (secondary N) is 1. The lowest BCUT2D eigenvalue weighted by Gasteiger charge is -2.37. The van der Waals surface area contributed by atoms with Crippen molar-refractivity contribution >= 4 is 23.5 Å². The maximum atomic E-state index is 13.9. The molecule has 1 spiro atoms. The number of benzene rings is 1. The van der Waals surface area contributed by atoms with Crippen LogP contribution in [0.3, 0.4) is 0 Å². The summed E-state index contributed by atoms with van der Waals surface area (Å²) < 4.78 is 12.0. The lowest BCUT2D eigenvalue weighted by atomic mass is 9.65. The average molecular weight is 473 g/mol. The van der Waals surface area contributed by atoms with E-state index in [1.54, 1.807) is 6.92 Å². The van der Waals surface area contributed by atoms with E-state index in [1.165, 1.54) is 4.90 Å². The van der Waals surface area contributed by atoms with E-state index in [1.807, 2.05) is 45.9 Å². The number of amides is 2. The highest BCUT2D eigenvalue weighted by Gasteiger charge is 2.79. The molecular formula is C26H36N2O6. The van der Waals surface area contributed by atoms with Crippen molar-refractivity contribution in [1.82, 2.24) is 4.90 Å². The number of rotatable bonds is 8. The zero-order chi connectivity index (χ0) is 24.8. The number of anilines is 1. The van der Waals surface area contributed by atoms with Gasteiger partial charge in [0.15, 0.2) is 0 Å². The first-order chi connectivity index (χ1) is 16.2. The van der Waals surface area contributed by atoms with Crippen LogP contribution in [-0.4, -0.2) is 64.3 Å². The summed E-state index contributed by atoms with van der Waals surface area (Å²) in [7, 11) is 0. The Hall–Kier alpha value is -2.45. The van der Waals surface area contributed by atoms with Gasteiger partial charge in [-0.05, 0) is 63.6 Å². The molecule has 2 amide bonds. The molecule has 4 rings (SSSR count). The van der Waals surface area contributed by atoms with Crippen molar-refractivity contribution in [2.45, 2.75) is 83.6 Å². The fourth-order valence-electron chi connectivity index (χ4n) is 6.42. The monoisotopic (exact) mass is 472 g/mol. The molecule has 2 N–H and O–H groups in total. The van der Waals surface area contributed by atoms with E-state index in [0.717, 1.165) is 11.1 Å². The quantitative estimate of drug-likeness (QED) is 0.564. The average Bonchev–Trinajstić information content (AvgIpc) is 3.41. The van der Waals surface area contributed by atoms with Gasteiger partial charge in [-0.25, -0.2) is 0 Å². The van der Waals surface area contributed by atoms with Crippen molar-refractivity contribution in [1.29, 1.82) is 0 Å². The molecule has 186 valence electrons. The fourth-order valence-corrected chi connectivity index (χ4v) is 6.42. The Kier molecular flexibility index (Phi) is 6.50. The minimum atomic E-state index is -1.13. The zero-order valence-corrected chi connectivity index (χ0v) is 20.7. The Morgan fingerprint density at radius 2 is 2.00 bits per heavy atom. The SMILES string of the molecule is CCOC(=O)[C@@H]1[C@H]2C(=O)N([C@@H](CC)CO)C(C(=O)Nc3cc(C)ccc3C)C23CC[C@@]1(CC)O3. The van der Waals surface area contributed by atoms with Crippen LogP contribution in [-0.2, 0) is 23.9 Å². The van der Waals surface area contributed by atoms with Gasteiger partial charge in [-0.15, -0.1) is 0 Å². The molecule has 3 saturated heterocycles. The Bertz CT molecular complexity index is 992. The van der Waals surface area contributed by atoms with Crippen LogP contribution in [0.1, 0.15) is 57.6 Å². The van der Waals surface area contributed by atoms with E-state index in [0.29, 0.717) is 31.4 Å². The molecule has 1 aromatic carbocycles. The van der Waals surface area contributed by atoms with Crippen LogP contribution in [0.4, 0.5) is 5.69 Å². The van der Waals surface area contributed by atoms with Crippen LogP contribution in [0.5, 0.6) is 0 Å². The number of carbonyl (C=O) groups is 3. The van der Waals surface area contributed by atoms with Crippen molar-refractivity contribution in [3.05, 3.63) is 29.3 Å². The van der Waals surface area contributed by atoms with Crippen molar-refractivity contribution in [2.24, 2.45) is 11.8 Å². The van der Waals surface area contributed by atoms with Gasteiger partial charge in [0.25, 0.3) is 0 Å². The zero-order valence-electron chi connectivity index (χ0n) is 20.7. The first-order valence-electron chi connectivity index (χ1n) is 12.4. The normalized spacial score (nSPS) is 32.6. The number of aliphatic hydroxyl groups is 1. The van der Waals surface area contributed by atoms with Gasteiger partial charge < -0.3 is 24.8 Å². The first kappa shape index (κ1) is 24.7. The van der Waals surface area contributed by atoms with Gasteiger partial charge in [0, 0.05) is 5.69 Å². The minimum absolute atomic E-state index is 0.206. The summed E-state index contributed by atoms with van der Waals surface area (Å²) in [5, 5.41) is 13.1. The molecule has 8 heteroatoms. The number of ether oxygens (including phenoxy) is 2.